The molecule has 0 bridgehead atoms. The summed E-state index contributed by atoms with van der Waals surface area (Å²) in [6.45, 7) is 0. The Morgan fingerprint density at radius 2 is 1.76 bits per heavy atom. The summed E-state index contributed by atoms with van der Waals surface area (Å²) in [4.78, 5) is 30.5. The average Bonchev–Trinajstić information content (AvgIpc) is 2.58. The van der Waals surface area contributed by atoms with Gasteiger partial charge in [0.2, 0.25) is 0 Å². The number of aromatic nitrogens is 2. The van der Waals surface area contributed by atoms with Gasteiger partial charge in [-0.15, -0.1) is 0 Å². The Labute approximate surface area is 151 Å². The van der Waals surface area contributed by atoms with Gasteiger partial charge in [0.1, 0.15) is 5.52 Å². The van der Waals surface area contributed by atoms with Gasteiger partial charge in [-0.3, -0.25) is 9.59 Å². The molecule has 0 aliphatic heterocycles. The number of nitrogens with one attached hydrogen (secondary N) is 2. The normalized spacial score (nSPS) is 11.4. The van der Waals surface area contributed by atoms with E-state index in [0.717, 1.165) is 0 Å². The van der Waals surface area contributed by atoms with Crippen LogP contribution in [-0.4, -0.2) is 24.3 Å². The van der Waals surface area contributed by atoms with Crippen molar-refractivity contribution in [2.45, 2.75) is 4.90 Å². The number of carbonyl (C=O) groups excluding carboxylic acids is 1. The third-order valence-electron chi connectivity index (χ3n) is 3.25. The van der Waals surface area contributed by atoms with Gasteiger partial charge in [-0.05, 0) is 24.3 Å². The highest BCUT2D eigenvalue weighted by atomic mass is 35.5. The number of carbonyl (C=O) groups is 1. The maximum Gasteiger partial charge on any atom is 0.289 e. The number of aromatic amines is 1. The standard InChI is InChI=1S/C15H9Cl2N3O4S/c16-9-6-7-10-12(11(9)17)19-13(14(21)18-10)15(22)20-25(23,24)8-4-2-1-3-5-8/h1-7H,(H,18,21)(H,20,22). The average molecular weight is 398 g/mol. The molecule has 3 rings (SSSR count). The van der Waals surface area contributed by atoms with Gasteiger partial charge in [0.05, 0.1) is 20.5 Å². The minimum atomic E-state index is -4.15. The van der Waals surface area contributed by atoms with E-state index in [1.807, 2.05) is 0 Å². The highest BCUT2D eigenvalue weighted by Crippen LogP contribution is 2.27. The lowest BCUT2D eigenvalue weighted by Crippen LogP contribution is -2.35. The number of hydrogen-bond acceptors (Lipinski definition) is 5. The predicted molar refractivity (Wildman–Crippen MR) is 93.5 cm³/mol. The number of fused-ring (bicyclic) bond motifs is 1. The molecule has 0 saturated heterocycles. The zero-order valence-electron chi connectivity index (χ0n) is 12.3. The summed E-state index contributed by atoms with van der Waals surface area (Å²) in [6.07, 6.45) is 0. The molecule has 0 aliphatic carbocycles. The Balaban J connectivity index is 2.04. The molecular formula is C15H9Cl2N3O4S. The van der Waals surface area contributed by atoms with Gasteiger partial charge in [0, 0.05) is 0 Å². The number of rotatable bonds is 3. The Morgan fingerprint density at radius 3 is 2.44 bits per heavy atom. The van der Waals surface area contributed by atoms with Crippen LogP contribution in [0.15, 0.2) is 52.2 Å². The van der Waals surface area contributed by atoms with Crippen LogP contribution in [0.2, 0.25) is 10.0 Å². The van der Waals surface area contributed by atoms with Crippen LogP contribution in [0.1, 0.15) is 10.5 Å². The number of amides is 1. The molecule has 0 spiro atoms. The summed E-state index contributed by atoms with van der Waals surface area (Å²) in [5.41, 5.74) is -1.15. The van der Waals surface area contributed by atoms with Crippen molar-refractivity contribution in [3.8, 4) is 0 Å². The molecule has 1 heterocycles. The number of sulfonamides is 1. The van der Waals surface area contributed by atoms with Crippen molar-refractivity contribution in [3.05, 3.63) is 68.6 Å². The Hall–Kier alpha value is -2.42. The highest BCUT2D eigenvalue weighted by molar-refractivity contribution is 7.90. The van der Waals surface area contributed by atoms with Crippen molar-refractivity contribution in [1.82, 2.24) is 14.7 Å². The van der Waals surface area contributed by atoms with Crippen molar-refractivity contribution in [1.29, 1.82) is 0 Å². The zero-order chi connectivity index (χ0) is 18.2. The first kappa shape index (κ1) is 17.4. The molecule has 2 aromatic carbocycles. The van der Waals surface area contributed by atoms with Crippen LogP contribution >= 0.6 is 23.2 Å². The molecule has 128 valence electrons. The van der Waals surface area contributed by atoms with Crippen LogP contribution in [0.25, 0.3) is 11.0 Å². The van der Waals surface area contributed by atoms with E-state index in [1.54, 1.807) is 10.8 Å². The van der Waals surface area contributed by atoms with Gasteiger partial charge in [0.15, 0.2) is 5.69 Å². The fraction of sp³-hybridized carbons (Fsp3) is 0. The SMILES string of the molecule is O=C(NS(=O)(=O)c1ccccc1)c1nc2c(Cl)c(Cl)ccc2[nH]c1=O. The molecule has 0 saturated carbocycles. The Kier molecular flexibility index (Phi) is 4.51. The fourth-order valence-electron chi connectivity index (χ4n) is 2.08. The molecule has 1 aromatic heterocycles. The summed E-state index contributed by atoms with van der Waals surface area (Å²) in [7, 11) is -4.15. The first-order chi connectivity index (χ1) is 11.8. The third-order valence-corrected chi connectivity index (χ3v) is 5.39. The van der Waals surface area contributed by atoms with Gasteiger partial charge >= 0.3 is 0 Å². The van der Waals surface area contributed by atoms with Crippen LogP contribution in [0.4, 0.5) is 0 Å². The van der Waals surface area contributed by atoms with E-state index in [2.05, 4.69) is 9.97 Å². The van der Waals surface area contributed by atoms with Crippen molar-refractivity contribution < 1.29 is 13.2 Å². The lowest BCUT2D eigenvalue weighted by molar-refractivity contribution is 0.0975. The predicted octanol–water partition coefficient (Wildman–Crippen LogP) is 2.35. The van der Waals surface area contributed by atoms with Crippen molar-refractivity contribution in [3.63, 3.8) is 0 Å². The molecule has 7 nitrogen and oxygen atoms in total. The first-order valence-electron chi connectivity index (χ1n) is 6.80. The number of hydrogen-bond donors (Lipinski definition) is 2. The van der Waals surface area contributed by atoms with E-state index in [4.69, 9.17) is 23.2 Å². The first-order valence-corrected chi connectivity index (χ1v) is 9.04. The quantitative estimate of drug-likeness (QED) is 0.704. The molecule has 0 radical (unpaired) electrons. The highest BCUT2D eigenvalue weighted by Gasteiger charge is 2.22. The molecule has 10 heteroatoms. The van der Waals surface area contributed by atoms with E-state index >= 15 is 0 Å². The zero-order valence-corrected chi connectivity index (χ0v) is 14.6. The second kappa shape index (κ2) is 6.47. The van der Waals surface area contributed by atoms with Gasteiger partial charge in [0.25, 0.3) is 21.5 Å². The Morgan fingerprint density at radius 1 is 1.08 bits per heavy atom. The van der Waals surface area contributed by atoms with E-state index in [1.165, 1.54) is 36.4 Å². The topological polar surface area (TPSA) is 109 Å². The van der Waals surface area contributed by atoms with Crippen LogP contribution < -0.4 is 10.3 Å². The van der Waals surface area contributed by atoms with E-state index in [-0.39, 0.29) is 26.0 Å². The van der Waals surface area contributed by atoms with Gasteiger partial charge in [-0.25, -0.2) is 18.1 Å². The van der Waals surface area contributed by atoms with Crippen molar-refractivity contribution >= 4 is 50.2 Å². The van der Waals surface area contributed by atoms with Crippen LogP contribution in [0, 0.1) is 0 Å². The summed E-state index contributed by atoms with van der Waals surface area (Å²) in [6, 6.07) is 10.2. The summed E-state index contributed by atoms with van der Waals surface area (Å²) in [5.74, 6) is -1.18. The Bertz CT molecular complexity index is 1140. The van der Waals surface area contributed by atoms with E-state index in [9.17, 15) is 18.0 Å². The molecule has 0 atom stereocenters. The summed E-state index contributed by atoms with van der Waals surface area (Å²) in [5, 5.41) is 0.215. The molecule has 25 heavy (non-hydrogen) atoms. The smallest absolute Gasteiger partial charge is 0.289 e. The van der Waals surface area contributed by atoms with E-state index < -0.39 is 27.2 Å². The number of H-pyrrole nitrogens is 1. The van der Waals surface area contributed by atoms with E-state index in [0.29, 0.717) is 0 Å². The molecule has 3 aromatic rings. The molecular weight excluding hydrogens is 389 g/mol. The number of nitrogens with zero attached hydrogens (tertiary/aromatic N) is 1. The van der Waals surface area contributed by atoms with Gasteiger partial charge < -0.3 is 4.98 Å². The van der Waals surface area contributed by atoms with Crippen molar-refractivity contribution in [2.24, 2.45) is 0 Å². The molecule has 0 aliphatic rings. The third kappa shape index (κ3) is 3.37. The molecule has 0 fully saturated rings. The molecule has 0 unspecified atom stereocenters. The maximum atomic E-state index is 12.2. The van der Waals surface area contributed by atoms with Crippen LogP contribution in [-0.2, 0) is 10.0 Å². The minimum absolute atomic E-state index is 0.0374. The minimum Gasteiger partial charge on any atom is -0.318 e. The monoisotopic (exact) mass is 397 g/mol. The summed E-state index contributed by atoms with van der Waals surface area (Å²) >= 11 is 11.9. The number of halogens is 2. The lowest BCUT2D eigenvalue weighted by Gasteiger charge is -2.07. The number of benzene rings is 2. The summed E-state index contributed by atoms with van der Waals surface area (Å²) < 4.78 is 26.2. The largest absolute Gasteiger partial charge is 0.318 e. The maximum absolute atomic E-state index is 12.2. The fourth-order valence-corrected chi connectivity index (χ4v) is 3.41. The lowest BCUT2D eigenvalue weighted by atomic mass is 10.3. The van der Waals surface area contributed by atoms with Crippen LogP contribution in [0.3, 0.4) is 0 Å². The second-order valence-electron chi connectivity index (χ2n) is 4.92. The van der Waals surface area contributed by atoms with Crippen LogP contribution in [0.5, 0.6) is 0 Å². The van der Waals surface area contributed by atoms with Gasteiger partial charge in [-0.2, -0.15) is 0 Å². The van der Waals surface area contributed by atoms with Gasteiger partial charge in [-0.1, -0.05) is 41.4 Å². The van der Waals surface area contributed by atoms with Crippen molar-refractivity contribution in [2.75, 3.05) is 0 Å². The second-order valence-corrected chi connectivity index (χ2v) is 7.39. The molecule has 1 amide bonds. The molecule has 2 N–H and O–H groups in total.